The van der Waals surface area contributed by atoms with Gasteiger partial charge in [-0.2, -0.15) is 9.97 Å². The van der Waals surface area contributed by atoms with E-state index in [4.69, 9.17) is 19.1 Å². The lowest BCUT2D eigenvalue weighted by atomic mass is 9.88. The first-order chi connectivity index (χ1) is 16.8. The average Bonchev–Trinajstić information content (AvgIpc) is 3.39. The highest BCUT2D eigenvalue weighted by molar-refractivity contribution is 5.77. The van der Waals surface area contributed by atoms with Gasteiger partial charge in [-0.25, -0.2) is 4.39 Å². The fraction of sp³-hybridized carbons (Fsp3) is 0.280. The Hall–Kier alpha value is -4.21. The van der Waals surface area contributed by atoms with Crippen molar-refractivity contribution >= 4 is 29.0 Å². The average molecular weight is 476 g/mol. The van der Waals surface area contributed by atoms with Gasteiger partial charge in [0.25, 0.3) is 5.89 Å². The maximum absolute atomic E-state index is 13.6. The third-order valence-electron chi connectivity index (χ3n) is 5.96. The molecular formula is C25H26FN7O2. The van der Waals surface area contributed by atoms with Crippen molar-refractivity contribution in [3.8, 4) is 17.2 Å². The minimum atomic E-state index is -0.276. The zero-order valence-corrected chi connectivity index (χ0v) is 20.2. The molecule has 2 aromatic heterocycles. The highest BCUT2D eigenvalue weighted by Gasteiger charge is 2.40. The second-order valence-electron chi connectivity index (χ2n) is 8.96. The molecule has 35 heavy (non-hydrogen) atoms. The number of hydrogen-bond acceptors (Lipinski definition) is 9. The topological polar surface area (TPSA) is 101 Å². The first kappa shape index (κ1) is 22.6. The minimum Gasteiger partial charge on any atom is -0.496 e. The van der Waals surface area contributed by atoms with Gasteiger partial charge in [0.1, 0.15) is 23.2 Å². The summed E-state index contributed by atoms with van der Waals surface area (Å²) in [5, 5.41) is 14.5. The number of hydrogen-bond donors (Lipinski definition) is 2. The van der Waals surface area contributed by atoms with Crippen LogP contribution >= 0.6 is 0 Å². The summed E-state index contributed by atoms with van der Waals surface area (Å²) >= 11 is 0. The second kappa shape index (κ2) is 8.53. The summed E-state index contributed by atoms with van der Waals surface area (Å²) in [5.74, 6) is 3.08. The first-order valence-electron chi connectivity index (χ1n) is 11.2. The van der Waals surface area contributed by atoms with Crippen molar-refractivity contribution in [2.24, 2.45) is 0 Å². The van der Waals surface area contributed by atoms with Crippen LogP contribution in [0.25, 0.3) is 11.5 Å². The van der Waals surface area contributed by atoms with Gasteiger partial charge in [-0.15, -0.1) is 10.2 Å². The molecule has 9 nitrogen and oxygen atoms in total. The fourth-order valence-corrected chi connectivity index (χ4v) is 4.37. The number of methoxy groups -OCH3 is 1. The highest BCUT2D eigenvalue weighted by Crippen LogP contribution is 2.46. The largest absolute Gasteiger partial charge is 0.496 e. The van der Waals surface area contributed by atoms with E-state index < -0.39 is 0 Å². The van der Waals surface area contributed by atoms with Crippen molar-refractivity contribution in [1.82, 2.24) is 20.2 Å². The third-order valence-corrected chi connectivity index (χ3v) is 5.96. The van der Waals surface area contributed by atoms with Crippen LogP contribution in [0.2, 0.25) is 0 Å². The highest BCUT2D eigenvalue weighted by atomic mass is 19.1. The maximum Gasteiger partial charge on any atom is 0.251 e. The van der Waals surface area contributed by atoms with E-state index in [2.05, 4.69) is 39.6 Å². The summed E-state index contributed by atoms with van der Waals surface area (Å²) < 4.78 is 24.7. The van der Waals surface area contributed by atoms with Gasteiger partial charge >= 0.3 is 0 Å². The van der Waals surface area contributed by atoms with Crippen LogP contribution in [0.5, 0.6) is 5.75 Å². The van der Waals surface area contributed by atoms with E-state index in [0.29, 0.717) is 35.6 Å². The number of rotatable bonds is 6. The van der Waals surface area contributed by atoms with Crippen LogP contribution in [0.15, 0.2) is 46.9 Å². The molecule has 4 aromatic rings. The van der Waals surface area contributed by atoms with E-state index in [9.17, 15) is 4.39 Å². The molecule has 0 atom stereocenters. The number of ether oxygens (including phenoxy) is 1. The van der Waals surface area contributed by atoms with Crippen molar-refractivity contribution in [2.75, 3.05) is 36.2 Å². The molecular weight excluding hydrogens is 449 g/mol. The molecule has 3 heterocycles. The first-order valence-corrected chi connectivity index (χ1v) is 11.2. The zero-order chi connectivity index (χ0) is 24.7. The summed E-state index contributed by atoms with van der Waals surface area (Å²) in [7, 11) is 3.42. The Kier molecular flexibility index (Phi) is 5.50. The van der Waals surface area contributed by atoms with Crippen molar-refractivity contribution in [2.45, 2.75) is 26.2 Å². The summed E-state index contributed by atoms with van der Waals surface area (Å²) in [5.41, 5.74) is 3.08. The molecule has 1 aliphatic rings. The quantitative estimate of drug-likeness (QED) is 0.390. The Morgan fingerprint density at radius 2 is 1.86 bits per heavy atom. The second-order valence-corrected chi connectivity index (χ2v) is 8.96. The Labute approximate surface area is 202 Å². The standard InChI is InChI=1S/C25H26FN7O2/c1-14-31-32-23(35-14)18-11-8-16(12-19(18)34-5)28-24-29-21(27-4)20-22(30-24)33(13-25(20,2)3)17-9-6-15(26)7-10-17/h6-12H,13H2,1-5H3,(H2,27,28,29,30). The minimum absolute atomic E-state index is 0.215. The lowest BCUT2D eigenvalue weighted by molar-refractivity contribution is 0.414. The molecule has 2 aromatic carbocycles. The van der Waals surface area contributed by atoms with E-state index in [1.807, 2.05) is 25.2 Å². The van der Waals surface area contributed by atoms with Gasteiger partial charge in [-0.1, -0.05) is 13.8 Å². The molecule has 10 heteroatoms. The molecule has 0 radical (unpaired) electrons. The predicted octanol–water partition coefficient (Wildman–Crippen LogP) is 5.20. The third kappa shape index (κ3) is 4.11. The molecule has 1 aliphatic heterocycles. The normalized spacial score (nSPS) is 14.1. The molecule has 0 fully saturated rings. The van der Waals surface area contributed by atoms with Crippen LogP contribution in [-0.2, 0) is 5.41 Å². The Balaban J connectivity index is 1.53. The van der Waals surface area contributed by atoms with Crippen LogP contribution in [0.4, 0.5) is 33.3 Å². The van der Waals surface area contributed by atoms with E-state index >= 15 is 0 Å². The van der Waals surface area contributed by atoms with Crippen molar-refractivity contribution < 1.29 is 13.5 Å². The molecule has 0 aliphatic carbocycles. The molecule has 0 unspecified atom stereocenters. The van der Waals surface area contributed by atoms with Gasteiger partial charge in [0.05, 0.1) is 12.7 Å². The van der Waals surface area contributed by atoms with Crippen LogP contribution < -0.4 is 20.3 Å². The Morgan fingerprint density at radius 3 is 2.51 bits per heavy atom. The smallest absolute Gasteiger partial charge is 0.251 e. The van der Waals surface area contributed by atoms with Crippen LogP contribution in [0.1, 0.15) is 25.3 Å². The predicted molar refractivity (Wildman–Crippen MR) is 132 cm³/mol. The van der Waals surface area contributed by atoms with Gasteiger partial charge < -0.3 is 24.7 Å². The summed E-state index contributed by atoms with van der Waals surface area (Å²) in [6.07, 6.45) is 0. The maximum atomic E-state index is 13.6. The summed E-state index contributed by atoms with van der Waals surface area (Å²) in [4.78, 5) is 11.7. The van der Waals surface area contributed by atoms with Crippen LogP contribution in [-0.4, -0.2) is 40.9 Å². The summed E-state index contributed by atoms with van der Waals surface area (Å²) in [6.45, 7) is 6.72. The number of nitrogens with zero attached hydrogens (tertiary/aromatic N) is 5. The summed E-state index contributed by atoms with van der Waals surface area (Å²) in [6, 6.07) is 12.0. The van der Waals surface area contributed by atoms with Gasteiger partial charge in [-0.05, 0) is 36.4 Å². The Morgan fingerprint density at radius 1 is 1.09 bits per heavy atom. The Bertz CT molecular complexity index is 1390. The lowest BCUT2D eigenvalue weighted by Crippen LogP contribution is -2.25. The van der Waals surface area contributed by atoms with Crippen molar-refractivity contribution in [3.05, 3.63) is 59.7 Å². The van der Waals surface area contributed by atoms with Gasteiger partial charge in [0.15, 0.2) is 0 Å². The number of halogens is 1. The molecule has 0 saturated heterocycles. The number of fused-ring (bicyclic) bond motifs is 1. The zero-order valence-electron chi connectivity index (χ0n) is 20.2. The molecule has 2 N–H and O–H groups in total. The number of aryl methyl sites for hydroxylation is 1. The lowest BCUT2D eigenvalue weighted by Gasteiger charge is -2.21. The fourth-order valence-electron chi connectivity index (χ4n) is 4.37. The van der Waals surface area contributed by atoms with E-state index in [1.54, 1.807) is 26.2 Å². The van der Waals surface area contributed by atoms with Crippen molar-refractivity contribution in [3.63, 3.8) is 0 Å². The van der Waals surface area contributed by atoms with Crippen LogP contribution in [0.3, 0.4) is 0 Å². The van der Waals surface area contributed by atoms with E-state index in [0.717, 1.165) is 28.6 Å². The molecule has 0 spiro atoms. The molecule has 5 rings (SSSR count). The van der Waals surface area contributed by atoms with Gasteiger partial charge in [0, 0.05) is 48.9 Å². The van der Waals surface area contributed by atoms with E-state index in [1.165, 1.54) is 12.1 Å². The van der Waals surface area contributed by atoms with Crippen LogP contribution in [0, 0.1) is 12.7 Å². The molecule has 0 amide bonds. The monoisotopic (exact) mass is 475 g/mol. The molecule has 0 saturated carbocycles. The molecule has 0 bridgehead atoms. The van der Waals surface area contributed by atoms with Crippen molar-refractivity contribution in [1.29, 1.82) is 0 Å². The molecule has 180 valence electrons. The van der Waals surface area contributed by atoms with Gasteiger partial charge in [-0.3, -0.25) is 0 Å². The SMILES string of the molecule is CNc1nc(Nc2ccc(-c3nnc(C)o3)c(OC)c2)nc2c1C(C)(C)CN2c1ccc(F)cc1. The van der Waals surface area contributed by atoms with Gasteiger partial charge in [0.2, 0.25) is 11.8 Å². The number of aromatic nitrogens is 4. The number of anilines is 5. The number of nitrogens with one attached hydrogen (secondary N) is 2. The van der Waals surface area contributed by atoms with E-state index in [-0.39, 0.29) is 11.2 Å². The number of benzene rings is 2.